The number of nitrogens with zero attached hydrogens (tertiary/aromatic N) is 1. The molecule has 24 heavy (non-hydrogen) atoms. The highest BCUT2D eigenvalue weighted by atomic mass is 16.5. The molecule has 2 heterocycles. The van der Waals surface area contributed by atoms with E-state index in [1.807, 2.05) is 17.0 Å². The third-order valence-corrected chi connectivity index (χ3v) is 5.16. The van der Waals surface area contributed by atoms with E-state index >= 15 is 0 Å². The number of rotatable bonds is 5. The monoisotopic (exact) mass is 332 g/mol. The van der Waals surface area contributed by atoms with Crippen LogP contribution in [0.3, 0.4) is 0 Å². The number of ether oxygens (including phenoxy) is 1. The number of carbonyl (C=O) groups is 1. The van der Waals surface area contributed by atoms with Crippen molar-refractivity contribution < 1.29 is 14.6 Å². The van der Waals surface area contributed by atoms with E-state index in [-0.39, 0.29) is 11.4 Å². The number of hydrogen-bond donors (Lipinski definition) is 2. The fraction of sp³-hybridized carbons (Fsp3) is 0.632. The summed E-state index contributed by atoms with van der Waals surface area (Å²) in [6.45, 7) is 5.15. The van der Waals surface area contributed by atoms with Gasteiger partial charge < -0.3 is 20.1 Å². The minimum absolute atomic E-state index is 0.0681. The summed E-state index contributed by atoms with van der Waals surface area (Å²) in [5, 5.41) is 12.5. The van der Waals surface area contributed by atoms with Gasteiger partial charge in [0, 0.05) is 24.5 Å². The number of aromatic hydroxyl groups is 1. The van der Waals surface area contributed by atoms with Gasteiger partial charge in [-0.15, -0.1) is 0 Å². The Kier molecular flexibility index (Phi) is 5.29. The van der Waals surface area contributed by atoms with E-state index in [1.165, 1.54) is 12.0 Å². The second-order valence-corrected chi connectivity index (χ2v) is 7.51. The molecule has 2 N–H and O–H groups in total. The molecule has 0 spiro atoms. The Morgan fingerprint density at radius 2 is 2.08 bits per heavy atom. The van der Waals surface area contributed by atoms with Crippen LogP contribution in [0.4, 0.5) is 4.79 Å². The van der Waals surface area contributed by atoms with Crippen molar-refractivity contribution >= 4 is 6.03 Å². The van der Waals surface area contributed by atoms with Crippen molar-refractivity contribution in [1.82, 2.24) is 10.2 Å². The van der Waals surface area contributed by atoms with Crippen LogP contribution in [0.5, 0.6) is 5.75 Å². The highest BCUT2D eigenvalue weighted by Crippen LogP contribution is 2.26. The smallest absolute Gasteiger partial charge is 0.317 e. The van der Waals surface area contributed by atoms with Crippen LogP contribution in [0.15, 0.2) is 24.3 Å². The van der Waals surface area contributed by atoms with Gasteiger partial charge in [-0.05, 0) is 49.8 Å². The lowest BCUT2D eigenvalue weighted by Crippen LogP contribution is -2.54. The van der Waals surface area contributed by atoms with Crippen molar-refractivity contribution in [1.29, 1.82) is 0 Å². The predicted molar refractivity (Wildman–Crippen MR) is 93.1 cm³/mol. The van der Waals surface area contributed by atoms with Gasteiger partial charge in [0.15, 0.2) is 0 Å². The quantitative estimate of drug-likeness (QED) is 0.871. The number of hydrogen-bond acceptors (Lipinski definition) is 3. The average molecular weight is 332 g/mol. The summed E-state index contributed by atoms with van der Waals surface area (Å²) in [7, 11) is 0. The molecular weight excluding hydrogens is 304 g/mol. The molecule has 1 atom stereocenters. The van der Waals surface area contributed by atoms with E-state index in [9.17, 15) is 9.90 Å². The van der Waals surface area contributed by atoms with Gasteiger partial charge in [0.05, 0.1) is 13.2 Å². The van der Waals surface area contributed by atoms with Crippen LogP contribution in [0.2, 0.25) is 0 Å². The first-order valence-electron chi connectivity index (χ1n) is 8.96. The van der Waals surface area contributed by atoms with Crippen molar-refractivity contribution in [2.75, 3.05) is 26.3 Å². The third kappa shape index (κ3) is 4.20. The molecule has 5 nitrogen and oxygen atoms in total. The molecule has 2 amide bonds. The third-order valence-electron chi connectivity index (χ3n) is 5.16. The summed E-state index contributed by atoms with van der Waals surface area (Å²) in [5.74, 6) is 0.297. The van der Waals surface area contributed by atoms with Crippen molar-refractivity contribution in [3.8, 4) is 5.75 Å². The summed E-state index contributed by atoms with van der Waals surface area (Å²) < 4.78 is 5.25. The molecule has 0 radical (unpaired) electrons. The number of amides is 2. The molecule has 1 aromatic carbocycles. The Balaban J connectivity index is 1.52. The minimum atomic E-state index is 0.0681. The van der Waals surface area contributed by atoms with Gasteiger partial charge in [0.25, 0.3) is 0 Å². The number of urea groups is 1. The summed E-state index contributed by atoms with van der Waals surface area (Å²) in [5.41, 5.74) is 1.31. The average Bonchev–Trinajstić information content (AvgIpc) is 2.58. The van der Waals surface area contributed by atoms with Crippen LogP contribution in [0.1, 0.15) is 38.2 Å². The molecule has 0 aromatic heterocycles. The van der Waals surface area contributed by atoms with Crippen LogP contribution in [0, 0.1) is 5.41 Å². The van der Waals surface area contributed by atoms with E-state index in [0.717, 1.165) is 45.4 Å². The molecule has 2 aliphatic heterocycles. The van der Waals surface area contributed by atoms with Crippen LogP contribution >= 0.6 is 0 Å². The molecule has 2 fully saturated rings. The molecule has 3 rings (SSSR count). The largest absolute Gasteiger partial charge is 0.508 e. The molecule has 1 unspecified atom stereocenters. The van der Waals surface area contributed by atoms with Gasteiger partial charge in [-0.2, -0.15) is 0 Å². The number of likely N-dealkylation sites (tertiary alicyclic amines) is 1. The maximum atomic E-state index is 12.6. The SMILES string of the molecule is CC1(CNC(=O)N2CCCCC2CCc2ccc(O)cc2)COC1. The zero-order valence-corrected chi connectivity index (χ0v) is 14.5. The van der Waals surface area contributed by atoms with Crippen LogP contribution in [-0.4, -0.2) is 48.4 Å². The van der Waals surface area contributed by atoms with E-state index in [2.05, 4.69) is 12.2 Å². The summed E-state index contributed by atoms with van der Waals surface area (Å²) >= 11 is 0. The maximum absolute atomic E-state index is 12.6. The molecule has 2 saturated heterocycles. The Bertz CT molecular complexity index is 554. The van der Waals surface area contributed by atoms with E-state index < -0.39 is 0 Å². The summed E-state index contributed by atoms with van der Waals surface area (Å²) in [4.78, 5) is 14.6. The highest BCUT2D eigenvalue weighted by Gasteiger charge is 2.35. The normalized spacial score (nSPS) is 22.7. The van der Waals surface area contributed by atoms with E-state index in [1.54, 1.807) is 12.1 Å². The van der Waals surface area contributed by atoms with Crippen molar-refractivity contribution in [2.24, 2.45) is 5.41 Å². The lowest BCUT2D eigenvalue weighted by molar-refractivity contribution is -0.0980. The number of piperidine rings is 1. The number of carbonyl (C=O) groups excluding carboxylic acids is 1. The van der Waals surface area contributed by atoms with Gasteiger partial charge in [-0.3, -0.25) is 0 Å². The second-order valence-electron chi connectivity index (χ2n) is 7.51. The first-order valence-corrected chi connectivity index (χ1v) is 8.96. The van der Waals surface area contributed by atoms with Gasteiger partial charge in [-0.25, -0.2) is 4.79 Å². The van der Waals surface area contributed by atoms with Gasteiger partial charge in [0.2, 0.25) is 0 Å². The molecule has 2 aliphatic rings. The second kappa shape index (κ2) is 7.43. The van der Waals surface area contributed by atoms with Crippen LogP contribution < -0.4 is 5.32 Å². The van der Waals surface area contributed by atoms with Crippen molar-refractivity contribution in [2.45, 2.75) is 45.1 Å². The highest BCUT2D eigenvalue weighted by molar-refractivity contribution is 5.74. The first-order chi connectivity index (χ1) is 11.6. The van der Waals surface area contributed by atoms with E-state index in [0.29, 0.717) is 18.3 Å². The molecule has 5 heteroatoms. The zero-order chi connectivity index (χ0) is 17.0. The fourth-order valence-corrected chi connectivity index (χ4v) is 3.51. The first kappa shape index (κ1) is 17.1. The molecule has 0 bridgehead atoms. The minimum Gasteiger partial charge on any atom is -0.508 e. The zero-order valence-electron chi connectivity index (χ0n) is 14.5. The Morgan fingerprint density at radius 1 is 1.33 bits per heavy atom. The van der Waals surface area contributed by atoms with E-state index in [4.69, 9.17) is 4.74 Å². The number of benzene rings is 1. The van der Waals surface area contributed by atoms with Crippen LogP contribution in [-0.2, 0) is 11.2 Å². The molecule has 0 saturated carbocycles. The van der Waals surface area contributed by atoms with Crippen LogP contribution in [0.25, 0.3) is 0 Å². The standard InChI is InChI=1S/C19H28N2O3/c1-19(13-24-14-19)12-20-18(23)21-11-3-2-4-16(21)8-5-15-6-9-17(22)10-7-15/h6-7,9-10,16,22H,2-5,8,11-14H2,1H3,(H,20,23). The lowest BCUT2D eigenvalue weighted by Gasteiger charge is -2.40. The summed E-state index contributed by atoms with van der Waals surface area (Å²) in [6.07, 6.45) is 5.25. The molecule has 0 aliphatic carbocycles. The fourth-order valence-electron chi connectivity index (χ4n) is 3.51. The Hall–Kier alpha value is -1.75. The van der Waals surface area contributed by atoms with Gasteiger partial charge in [-0.1, -0.05) is 19.1 Å². The van der Waals surface area contributed by atoms with Gasteiger partial charge >= 0.3 is 6.03 Å². The summed E-state index contributed by atoms with van der Waals surface area (Å²) in [6, 6.07) is 7.74. The Labute approximate surface area is 144 Å². The molecular formula is C19H28N2O3. The topological polar surface area (TPSA) is 61.8 Å². The number of phenols is 1. The predicted octanol–water partition coefficient (Wildman–Crippen LogP) is 2.93. The van der Waals surface area contributed by atoms with Crippen molar-refractivity contribution in [3.63, 3.8) is 0 Å². The maximum Gasteiger partial charge on any atom is 0.317 e. The van der Waals surface area contributed by atoms with Crippen molar-refractivity contribution in [3.05, 3.63) is 29.8 Å². The number of nitrogens with one attached hydrogen (secondary N) is 1. The molecule has 1 aromatic rings. The lowest BCUT2D eigenvalue weighted by atomic mass is 9.89. The molecule has 132 valence electrons. The number of aryl methyl sites for hydroxylation is 1. The Morgan fingerprint density at radius 3 is 2.75 bits per heavy atom. The van der Waals surface area contributed by atoms with Gasteiger partial charge in [0.1, 0.15) is 5.75 Å². The number of phenolic OH excluding ortho intramolecular Hbond substituents is 1.